The molecule has 0 amide bonds. The van der Waals surface area contributed by atoms with E-state index in [1.54, 1.807) is 11.8 Å². The van der Waals surface area contributed by atoms with Crippen molar-refractivity contribution in [2.24, 2.45) is 0 Å². The summed E-state index contributed by atoms with van der Waals surface area (Å²) in [5, 5.41) is 8.54. The van der Waals surface area contributed by atoms with Crippen molar-refractivity contribution in [1.29, 1.82) is 0 Å². The van der Waals surface area contributed by atoms with Gasteiger partial charge in [-0.25, -0.2) is 0 Å². The van der Waals surface area contributed by atoms with E-state index in [2.05, 4.69) is 0 Å². The van der Waals surface area contributed by atoms with Crippen molar-refractivity contribution in [3.05, 3.63) is 0 Å². The van der Waals surface area contributed by atoms with Crippen LogP contribution in [0.15, 0.2) is 0 Å². The third kappa shape index (κ3) is 1.40. The largest absolute Gasteiger partial charge is 0.393 e. The molecule has 1 heterocycles. The van der Waals surface area contributed by atoms with Crippen LogP contribution in [0.2, 0.25) is 0 Å². The molecule has 1 aliphatic rings. The maximum absolute atomic E-state index is 8.54. The number of hydrogen-bond donors (Lipinski definition) is 1. The highest BCUT2D eigenvalue weighted by atomic mass is 32.2. The fourth-order valence-corrected chi connectivity index (χ4v) is 1.61. The third-order valence-corrected chi connectivity index (χ3v) is 2.34. The molecule has 0 aromatic heterocycles. The van der Waals surface area contributed by atoms with E-state index in [0.717, 1.165) is 5.75 Å². The molecule has 1 rings (SSSR count). The van der Waals surface area contributed by atoms with Gasteiger partial charge < -0.3 is 9.84 Å². The van der Waals surface area contributed by atoms with Crippen LogP contribution >= 0.6 is 11.8 Å². The molecule has 1 N–H and O–H groups in total. The van der Waals surface area contributed by atoms with Crippen molar-refractivity contribution in [3.63, 3.8) is 0 Å². The summed E-state index contributed by atoms with van der Waals surface area (Å²) in [6, 6.07) is 0.331. The summed E-state index contributed by atoms with van der Waals surface area (Å²) in [4.78, 5) is 0. The molecule has 2 atom stereocenters. The maximum atomic E-state index is 8.54. The van der Waals surface area contributed by atoms with Crippen LogP contribution in [0.3, 0.4) is 0 Å². The van der Waals surface area contributed by atoms with Gasteiger partial charge in [0, 0.05) is 11.8 Å². The quantitative estimate of drug-likeness (QED) is 0.465. The molecule has 0 spiro atoms. The molecule has 0 unspecified atom stereocenters. The Balaban J connectivity index is 2.22. The molecular formula is C4H9BO2S. The van der Waals surface area contributed by atoms with E-state index >= 15 is 0 Å². The van der Waals surface area contributed by atoms with Crippen LogP contribution in [0.25, 0.3) is 0 Å². The zero-order valence-electron chi connectivity index (χ0n) is 4.83. The molecule has 4 heteroatoms. The van der Waals surface area contributed by atoms with Gasteiger partial charge in [0.25, 0.3) is 0 Å². The SMILES string of the molecule is B[C@@H]1CS[C@H](CO)O1. The average molecular weight is 132 g/mol. The first kappa shape index (κ1) is 6.45. The lowest BCUT2D eigenvalue weighted by atomic mass is 10.0. The summed E-state index contributed by atoms with van der Waals surface area (Å²) >= 11 is 1.68. The van der Waals surface area contributed by atoms with E-state index in [1.807, 2.05) is 7.85 Å². The minimum atomic E-state index is 0.0463. The Kier molecular flexibility index (Phi) is 2.22. The van der Waals surface area contributed by atoms with Gasteiger partial charge >= 0.3 is 0 Å². The van der Waals surface area contributed by atoms with Crippen molar-refractivity contribution in [3.8, 4) is 0 Å². The maximum Gasteiger partial charge on any atom is 0.140 e. The van der Waals surface area contributed by atoms with Gasteiger partial charge in [-0.05, 0) is 0 Å². The highest BCUT2D eigenvalue weighted by molar-refractivity contribution is 8.00. The molecule has 2 nitrogen and oxygen atoms in total. The lowest BCUT2D eigenvalue weighted by molar-refractivity contribution is 0.0725. The van der Waals surface area contributed by atoms with Gasteiger partial charge in [0.15, 0.2) is 0 Å². The van der Waals surface area contributed by atoms with Crippen molar-refractivity contribution >= 4 is 19.6 Å². The van der Waals surface area contributed by atoms with Gasteiger partial charge in [0.1, 0.15) is 13.3 Å². The predicted octanol–water partition coefficient (Wildman–Crippen LogP) is -0.973. The number of aliphatic hydroxyl groups excluding tert-OH is 1. The van der Waals surface area contributed by atoms with Crippen LogP contribution in [0.1, 0.15) is 0 Å². The highest BCUT2D eigenvalue weighted by Crippen LogP contribution is 2.22. The summed E-state index contributed by atoms with van der Waals surface area (Å²) in [5.74, 6) is 1.02. The van der Waals surface area contributed by atoms with E-state index in [4.69, 9.17) is 9.84 Å². The number of rotatable bonds is 1. The number of aliphatic hydroxyl groups is 1. The first-order chi connectivity index (χ1) is 3.83. The van der Waals surface area contributed by atoms with Gasteiger partial charge in [-0.1, -0.05) is 0 Å². The van der Waals surface area contributed by atoms with E-state index in [0.29, 0.717) is 6.00 Å². The van der Waals surface area contributed by atoms with Gasteiger partial charge in [-0.2, -0.15) is 0 Å². The summed E-state index contributed by atoms with van der Waals surface area (Å²) < 4.78 is 5.22. The monoisotopic (exact) mass is 132 g/mol. The standard InChI is InChI=1S/C4H9BO2S/c5-3-2-8-4(1-6)7-3/h3-4,6H,1-2,5H2/t3-,4+/m0/s1. The molecule has 0 radical (unpaired) electrons. The summed E-state index contributed by atoms with van der Waals surface area (Å²) in [7, 11) is 2.02. The molecular weight excluding hydrogens is 123 g/mol. The molecule has 0 bridgehead atoms. The summed E-state index contributed by atoms with van der Waals surface area (Å²) in [5.41, 5.74) is 0.0463. The molecule has 0 aromatic rings. The minimum Gasteiger partial charge on any atom is -0.393 e. The van der Waals surface area contributed by atoms with Crippen molar-refractivity contribution in [1.82, 2.24) is 0 Å². The Morgan fingerprint density at radius 1 is 1.88 bits per heavy atom. The van der Waals surface area contributed by atoms with E-state index in [1.165, 1.54) is 0 Å². The smallest absolute Gasteiger partial charge is 0.140 e. The molecule has 1 aliphatic heterocycles. The molecule has 46 valence electrons. The van der Waals surface area contributed by atoms with Crippen LogP contribution in [0.4, 0.5) is 0 Å². The van der Waals surface area contributed by atoms with Crippen LogP contribution < -0.4 is 0 Å². The molecule has 0 aliphatic carbocycles. The number of hydrogen-bond acceptors (Lipinski definition) is 3. The fourth-order valence-electron chi connectivity index (χ4n) is 0.676. The lowest BCUT2D eigenvalue weighted by Crippen LogP contribution is -2.13. The Bertz CT molecular complexity index is 80.4. The highest BCUT2D eigenvalue weighted by Gasteiger charge is 2.20. The third-order valence-electron chi connectivity index (χ3n) is 1.05. The topological polar surface area (TPSA) is 29.5 Å². The number of thioether (sulfide) groups is 1. The molecule has 0 aromatic carbocycles. The predicted molar refractivity (Wildman–Crippen MR) is 36.7 cm³/mol. The average Bonchev–Trinajstić information content (AvgIpc) is 2.14. The van der Waals surface area contributed by atoms with Gasteiger partial charge in [-0.3, -0.25) is 0 Å². The zero-order valence-corrected chi connectivity index (χ0v) is 5.65. The van der Waals surface area contributed by atoms with Gasteiger partial charge in [0.05, 0.1) is 6.61 Å². The first-order valence-electron chi connectivity index (χ1n) is 2.71. The van der Waals surface area contributed by atoms with Crippen LogP contribution in [-0.2, 0) is 4.74 Å². The second kappa shape index (κ2) is 2.76. The zero-order chi connectivity index (χ0) is 5.98. The van der Waals surface area contributed by atoms with E-state index < -0.39 is 0 Å². The molecule has 1 saturated heterocycles. The summed E-state index contributed by atoms with van der Waals surface area (Å²) in [6.45, 7) is 0.148. The number of ether oxygens (including phenoxy) is 1. The van der Waals surface area contributed by atoms with E-state index in [9.17, 15) is 0 Å². The molecule has 8 heavy (non-hydrogen) atoms. The Hall–Kier alpha value is 0.335. The van der Waals surface area contributed by atoms with Crippen molar-refractivity contribution < 1.29 is 9.84 Å². The van der Waals surface area contributed by atoms with Crippen molar-refractivity contribution in [2.75, 3.05) is 12.4 Å². The second-order valence-electron chi connectivity index (χ2n) is 1.89. The van der Waals surface area contributed by atoms with Crippen LogP contribution in [-0.4, -0.2) is 36.8 Å². The molecule has 1 fully saturated rings. The van der Waals surface area contributed by atoms with Crippen LogP contribution in [0.5, 0.6) is 0 Å². The Morgan fingerprint density at radius 2 is 2.62 bits per heavy atom. The Morgan fingerprint density at radius 3 is 2.88 bits per heavy atom. The normalized spacial score (nSPS) is 38.1. The minimum absolute atomic E-state index is 0.0463. The second-order valence-corrected chi connectivity index (χ2v) is 3.08. The lowest BCUT2D eigenvalue weighted by Gasteiger charge is -2.03. The Labute approximate surface area is 54.0 Å². The van der Waals surface area contributed by atoms with Crippen molar-refractivity contribution in [2.45, 2.75) is 11.4 Å². The first-order valence-corrected chi connectivity index (χ1v) is 3.75. The summed E-state index contributed by atoms with van der Waals surface area (Å²) in [6.07, 6.45) is 0. The fraction of sp³-hybridized carbons (Fsp3) is 1.00. The van der Waals surface area contributed by atoms with Gasteiger partial charge in [0.2, 0.25) is 0 Å². The van der Waals surface area contributed by atoms with Gasteiger partial charge in [-0.15, -0.1) is 11.8 Å². The van der Waals surface area contributed by atoms with Crippen LogP contribution in [0, 0.1) is 0 Å². The van der Waals surface area contributed by atoms with E-state index in [-0.39, 0.29) is 12.0 Å². The molecule has 0 saturated carbocycles.